The van der Waals surface area contributed by atoms with Crippen LogP contribution in [-0.2, 0) is 17.9 Å². The maximum Gasteiger partial charge on any atom is 0.264 e. The summed E-state index contributed by atoms with van der Waals surface area (Å²) in [5.74, 6) is 1.86. The van der Waals surface area contributed by atoms with Crippen molar-refractivity contribution in [2.45, 2.75) is 25.2 Å². The molecule has 6 nitrogen and oxygen atoms in total. The highest BCUT2D eigenvalue weighted by Crippen LogP contribution is 2.36. The fourth-order valence-corrected chi connectivity index (χ4v) is 4.76. The maximum absolute atomic E-state index is 12.7. The monoisotopic (exact) mass is 395 g/mol. The van der Waals surface area contributed by atoms with Gasteiger partial charge in [0.05, 0.1) is 37.0 Å². The fraction of sp³-hybridized carbons (Fsp3) is 0.333. The molecule has 4 heterocycles. The van der Waals surface area contributed by atoms with Crippen molar-refractivity contribution in [3.8, 4) is 17.0 Å². The van der Waals surface area contributed by atoms with Crippen molar-refractivity contribution >= 4 is 17.2 Å². The lowest BCUT2D eigenvalue weighted by Crippen LogP contribution is -2.45. The molecule has 1 amide bonds. The third-order valence-corrected chi connectivity index (χ3v) is 6.47. The van der Waals surface area contributed by atoms with E-state index < -0.39 is 0 Å². The predicted molar refractivity (Wildman–Crippen MR) is 107 cm³/mol. The Morgan fingerprint density at radius 1 is 1.25 bits per heavy atom. The van der Waals surface area contributed by atoms with E-state index in [9.17, 15) is 4.79 Å². The topological polar surface area (TPSA) is 56.6 Å². The summed E-state index contributed by atoms with van der Waals surface area (Å²) < 4.78 is 13.7. The van der Waals surface area contributed by atoms with Crippen LogP contribution in [0, 0.1) is 0 Å². The number of nitrogens with zero attached hydrogens (tertiary/aromatic N) is 3. The van der Waals surface area contributed by atoms with Crippen LogP contribution in [0.2, 0.25) is 0 Å². The zero-order valence-electron chi connectivity index (χ0n) is 15.6. The Balaban J connectivity index is 1.39. The van der Waals surface area contributed by atoms with Crippen molar-refractivity contribution in [2.24, 2.45) is 0 Å². The smallest absolute Gasteiger partial charge is 0.264 e. The number of imidazole rings is 1. The number of aromatic nitrogens is 2. The number of methoxy groups -OCH3 is 1. The first kappa shape index (κ1) is 17.5. The summed E-state index contributed by atoms with van der Waals surface area (Å²) in [7, 11) is 1.67. The van der Waals surface area contributed by atoms with Crippen LogP contribution in [0.5, 0.6) is 5.75 Å². The van der Waals surface area contributed by atoms with Gasteiger partial charge in [0.15, 0.2) is 0 Å². The minimum Gasteiger partial charge on any atom is -0.497 e. The van der Waals surface area contributed by atoms with Crippen molar-refractivity contribution in [3.63, 3.8) is 0 Å². The van der Waals surface area contributed by atoms with E-state index >= 15 is 0 Å². The molecule has 5 rings (SSSR count). The second kappa shape index (κ2) is 6.76. The van der Waals surface area contributed by atoms with E-state index in [0.717, 1.165) is 40.7 Å². The van der Waals surface area contributed by atoms with Gasteiger partial charge in [-0.2, -0.15) is 0 Å². The molecule has 2 aliphatic rings. The molecule has 0 unspecified atom stereocenters. The summed E-state index contributed by atoms with van der Waals surface area (Å²) in [6.45, 7) is 2.51. The van der Waals surface area contributed by atoms with Crippen LogP contribution in [0.15, 0.2) is 48.0 Å². The molecular weight excluding hydrogens is 374 g/mol. The second-order valence-corrected chi connectivity index (χ2v) is 8.25. The van der Waals surface area contributed by atoms with Gasteiger partial charge in [-0.15, -0.1) is 11.3 Å². The van der Waals surface area contributed by atoms with Gasteiger partial charge in [-0.25, -0.2) is 4.98 Å². The second-order valence-electron chi connectivity index (χ2n) is 7.30. The summed E-state index contributed by atoms with van der Waals surface area (Å²) in [5.41, 5.74) is 1.83. The molecular formula is C21H21N3O3S. The zero-order chi connectivity index (χ0) is 19.1. The number of amides is 1. The van der Waals surface area contributed by atoms with Crippen LogP contribution in [0.4, 0.5) is 0 Å². The van der Waals surface area contributed by atoms with Crippen molar-refractivity contribution in [3.05, 3.63) is 58.7 Å². The van der Waals surface area contributed by atoms with Crippen LogP contribution in [0.25, 0.3) is 11.3 Å². The summed E-state index contributed by atoms with van der Waals surface area (Å²) >= 11 is 1.49. The molecule has 0 bridgehead atoms. The van der Waals surface area contributed by atoms with Gasteiger partial charge in [-0.1, -0.05) is 6.07 Å². The number of hydrogen-bond donors (Lipinski definition) is 0. The van der Waals surface area contributed by atoms with Gasteiger partial charge in [0.25, 0.3) is 5.91 Å². The van der Waals surface area contributed by atoms with E-state index in [1.165, 1.54) is 11.3 Å². The summed E-state index contributed by atoms with van der Waals surface area (Å²) in [4.78, 5) is 20.0. The molecule has 0 saturated carbocycles. The number of rotatable bonds is 3. The Kier molecular flexibility index (Phi) is 4.21. The molecule has 1 saturated heterocycles. The Labute approximate surface area is 167 Å². The van der Waals surface area contributed by atoms with Crippen LogP contribution in [-0.4, -0.2) is 46.2 Å². The maximum atomic E-state index is 12.7. The SMILES string of the molecule is COc1ccc(-c2cnc3n2C[C@]2(CCN(C(=O)c4cccs4)C2)OC3)cc1. The van der Waals surface area contributed by atoms with E-state index in [1.54, 1.807) is 7.11 Å². The minimum atomic E-state index is -0.345. The van der Waals surface area contributed by atoms with Crippen LogP contribution in [0.1, 0.15) is 21.9 Å². The molecule has 0 radical (unpaired) electrons. The summed E-state index contributed by atoms with van der Waals surface area (Å²) in [6.07, 6.45) is 2.74. The van der Waals surface area contributed by atoms with Gasteiger partial charge >= 0.3 is 0 Å². The van der Waals surface area contributed by atoms with Crippen LogP contribution >= 0.6 is 11.3 Å². The molecule has 1 atom stereocenters. The third-order valence-electron chi connectivity index (χ3n) is 5.61. The molecule has 2 aromatic heterocycles. The predicted octanol–water partition coefficient (Wildman–Crippen LogP) is 3.44. The third kappa shape index (κ3) is 2.91. The van der Waals surface area contributed by atoms with Crippen molar-refractivity contribution in [1.82, 2.24) is 14.5 Å². The number of carbonyl (C=O) groups excluding carboxylic acids is 1. The number of benzene rings is 1. The normalized spacial score (nSPS) is 21.1. The highest BCUT2D eigenvalue weighted by Gasteiger charge is 2.44. The molecule has 0 aliphatic carbocycles. The lowest BCUT2D eigenvalue weighted by atomic mass is 10.0. The Hall–Kier alpha value is -2.64. The fourth-order valence-electron chi connectivity index (χ4n) is 4.07. The Bertz CT molecular complexity index is 997. The number of fused-ring (bicyclic) bond motifs is 1. The molecule has 1 aromatic carbocycles. The molecule has 2 aliphatic heterocycles. The average molecular weight is 395 g/mol. The molecule has 0 N–H and O–H groups in total. The first-order valence-electron chi connectivity index (χ1n) is 9.33. The molecule has 3 aromatic rings. The van der Waals surface area contributed by atoms with E-state index in [4.69, 9.17) is 9.47 Å². The Morgan fingerprint density at radius 3 is 2.86 bits per heavy atom. The largest absolute Gasteiger partial charge is 0.497 e. The molecule has 1 spiro atoms. The first-order chi connectivity index (χ1) is 13.7. The Morgan fingerprint density at radius 2 is 2.11 bits per heavy atom. The zero-order valence-corrected chi connectivity index (χ0v) is 16.4. The minimum absolute atomic E-state index is 0.0993. The molecule has 144 valence electrons. The number of thiophene rings is 1. The van der Waals surface area contributed by atoms with Gasteiger partial charge in [-0.3, -0.25) is 4.79 Å². The lowest BCUT2D eigenvalue weighted by molar-refractivity contribution is -0.0804. The highest BCUT2D eigenvalue weighted by molar-refractivity contribution is 7.12. The van der Waals surface area contributed by atoms with Gasteiger partial charge in [0.1, 0.15) is 23.8 Å². The molecule has 28 heavy (non-hydrogen) atoms. The van der Waals surface area contributed by atoms with Gasteiger partial charge in [0.2, 0.25) is 0 Å². The summed E-state index contributed by atoms with van der Waals surface area (Å²) in [6, 6.07) is 11.8. The molecule has 7 heteroatoms. The van der Waals surface area contributed by atoms with Gasteiger partial charge in [0, 0.05) is 12.1 Å². The van der Waals surface area contributed by atoms with Crippen LogP contribution in [0.3, 0.4) is 0 Å². The van der Waals surface area contributed by atoms with Crippen molar-refractivity contribution in [1.29, 1.82) is 0 Å². The quantitative estimate of drug-likeness (QED) is 0.682. The standard InChI is InChI=1S/C21H21N3O3S/c1-26-16-6-4-15(5-7-16)17-11-22-19-12-27-21(14-24(17)19)8-9-23(13-21)20(25)18-3-2-10-28-18/h2-7,10-11H,8-9,12-14H2,1H3/t21-/m1/s1. The van der Waals surface area contributed by atoms with Crippen molar-refractivity contribution in [2.75, 3.05) is 20.2 Å². The van der Waals surface area contributed by atoms with E-state index in [0.29, 0.717) is 19.7 Å². The molecule has 1 fully saturated rings. The van der Waals surface area contributed by atoms with E-state index in [-0.39, 0.29) is 11.5 Å². The lowest BCUT2D eigenvalue weighted by Gasteiger charge is -2.35. The highest BCUT2D eigenvalue weighted by atomic mass is 32.1. The van der Waals surface area contributed by atoms with Crippen LogP contribution < -0.4 is 4.74 Å². The first-order valence-corrected chi connectivity index (χ1v) is 10.2. The number of carbonyl (C=O) groups is 1. The number of hydrogen-bond acceptors (Lipinski definition) is 5. The number of ether oxygens (including phenoxy) is 2. The number of likely N-dealkylation sites (tertiary alicyclic amines) is 1. The summed E-state index contributed by atoms with van der Waals surface area (Å²) in [5, 5.41) is 1.94. The van der Waals surface area contributed by atoms with E-state index in [2.05, 4.69) is 9.55 Å². The van der Waals surface area contributed by atoms with E-state index in [1.807, 2.05) is 52.9 Å². The van der Waals surface area contributed by atoms with Crippen molar-refractivity contribution < 1.29 is 14.3 Å². The average Bonchev–Trinajstić information content (AvgIpc) is 3.48. The van der Waals surface area contributed by atoms with Gasteiger partial charge in [-0.05, 0) is 42.1 Å². The van der Waals surface area contributed by atoms with Gasteiger partial charge < -0.3 is 18.9 Å².